The van der Waals surface area contributed by atoms with Gasteiger partial charge in [0.15, 0.2) is 0 Å². The van der Waals surface area contributed by atoms with Crippen molar-refractivity contribution in [3.8, 4) is 0 Å². The lowest BCUT2D eigenvalue weighted by atomic mass is 9.92. The summed E-state index contributed by atoms with van der Waals surface area (Å²) in [6.45, 7) is 6.15. The standard InChI is InChI=1S/C13H24O3/c1-13(2,3)9-12(14)16-11-7-5-6-10(8-11)15-4/h10-11H,5-9H2,1-4H3/t10-,11-/m1/s1. The summed E-state index contributed by atoms with van der Waals surface area (Å²) >= 11 is 0. The molecule has 0 aromatic rings. The fourth-order valence-electron chi connectivity index (χ4n) is 2.08. The molecule has 0 N–H and O–H groups in total. The lowest BCUT2D eigenvalue weighted by Gasteiger charge is -2.28. The average molecular weight is 228 g/mol. The van der Waals surface area contributed by atoms with E-state index >= 15 is 0 Å². The molecule has 3 heteroatoms. The third-order valence-electron chi connectivity index (χ3n) is 2.88. The molecule has 0 unspecified atom stereocenters. The monoisotopic (exact) mass is 228 g/mol. The number of ether oxygens (including phenoxy) is 2. The average Bonchev–Trinajstić information content (AvgIpc) is 2.15. The second-order valence-electron chi connectivity index (χ2n) is 5.87. The Morgan fingerprint density at radius 3 is 2.44 bits per heavy atom. The van der Waals surface area contributed by atoms with Gasteiger partial charge in [-0.1, -0.05) is 20.8 Å². The van der Waals surface area contributed by atoms with Crippen molar-refractivity contribution in [1.82, 2.24) is 0 Å². The van der Waals surface area contributed by atoms with Crippen LogP contribution in [0.1, 0.15) is 52.9 Å². The van der Waals surface area contributed by atoms with Gasteiger partial charge < -0.3 is 9.47 Å². The summed E-state index contributed by atoms with van der Waals surface area (Å²) in [6, 6.07) is 0. The van der Waals surface area contributed by atoms with Gasteiger partial charge in [-0.15, -0.1) is 0 Å². The Morgan fingerprint density at radius 1 is 1.25 bits per heavy atom. The van der Waals surface area contributed by atoms with E-state index in [0.29, 0.717) is 6.42 Å². The molecule has 1 aliphatic rings. The van der Waals surface area contributed by atoms with Gasteiger partial charge in [-0.25, -0.2) is 0 Å². The van der Waals surface area contributed by atoms with Crippen LogP contribution in [-0.2, 0) is 14.3 Å². The topological polar surface area (TPSA) is 35.5 Å². The first-order valence-electron chi connectivity index (χ1n) is 6.13. The molecular weight excluding hydrogens is 204 g/mol. The van der Waals surface area contributed by atoms with Crippen LogP contribution in [0.4, 0.5) is 0 Å². The number of hydrogen-bond acceptors (Lipinski definition) is 3. The smallest absolute Gasteiger partial charge is 0.306 e. The van der Waals surface area contributed by atoms with Crippen LogP contribution in [0.3, 0.4) is 0 Å². The van der Waals surface area contributed by atoms with Gasteiger partial charge in [0.05, 0.1) is 12.5 Å². The fraction of sp³-hybridized carbons (Fsp3) is 0.923. The zero-order valence-electron chi connectivity index (χ0n) is 10.9. The maximum absolute atomic E-state index is 11.7. The van der Waals surface area contributed by atoms with E-state index in [-0.39, 0.29) is 23.6 Å². The molecule has 1 rings (SSSR count). The van der Waals surface area contributed by atoms with Crippen molar-refractivity contribution < 1.29 is 14.3 Å². The Hall–Kier alpha value is -0.570. The maximum Gasteiger partial charge on any atom is 0.306 e. The van der Waals surface area contributed by atoms with Crippen molar-refractivity contribution in [3.05, 3.63) is 0 Å². The van der Waals surface area contributed by atoms with E-state index in [4.69, 9.17) is 9.47 Å². The van der Waals surface area contributed by atoms with Crippen molar-refractivity contribution >= 4 is 5.97 Å². The largest absolute Gasteiger partial charge is 0.462 e. The van der Waals surface area contributed by atoms with Crippen LogP contribution in [0.15, 0.2) is 0 Å². The molecule has 0 heterocycles. The summed E-state index contributed by atoms with van der Waals surface area (Å²) in [4.78, 5) is 11.7. The van der Waals surface area contributed by atoms with Crippen molar-refractivity contribution in [2.45, 2.75) is 65.1 Å². The minimum Gasteiger partial charge on any atom is -0.462 e. The van der Waals surface area contributed by atoms with E-state index in [2.05, 4.69) is 0 Å². The van der Waals surface area contributed by atoms with E-state index in [1.807, 2.05) is 20.8 Å². The molecule has 0 aromatic heterocycles. The fourth-order valence-corrected chi connectivity index (χ4v) is 2.08. The van der Waals surface area contributed by atoms with Crippen molar-refractivity contribution in [2.24, 2.45) is 5.41 Å². The van der Waals surface area contributed by atoms with Crippen LogP contribution in [0.5, 0.6) is 0 Å². The number of methoxy groups -OCH3 is 1. The van der Waals surface area contributed by atoms with Gasteiger partial charge in [0.25, 0.3) is 0 Å². The van der Waals surface area contributed by atoms with E-state index in [0.717, 1.165) is 25.7 Å². The molecule has 0 aliphatic heterocycles. The number of carbonyl (C=O) groups is 1. The van der Waals surface area contributed by atoms with Gasteiger partial charge >= 0.3 is 5.97 Å². The third-order valence-corrected chi connectivity index (χ3v) is 2.88. The van der Waals surface area contributed by atoms with Crippen molar-refractivity contribution in [3.63, 3.8) is 0 Å². The van der Waals surface area contributed by atoms with E-state index < -0.39 is 0 Å². The Morgan fingerprint density at radius 2 is 1.88 bits per heavy atom. The first kappa shape index (κ1) is 13.5. The van der Waals surface area contributed by atoms with Gasteiger partial charge in [-0.3, -0.25) is 4.79 Å². The molecule has 0 bridgehead atoms. The minimum atomic E-state index is -0.0748. The highest BCUT2D eigenvalue weighted by Crippen LogP contribution is 2.25. The highest BCUT2D eigenvalue weighted by molar-refractivity contribution is 5.70. The normalized spacial score (nSPS) is 26.5. The second kappa shape index (κ2) is 5.67. The Kier molecular flexibility index (Phi) is 4.78. The molecule has 1 saturated carbocycles. The van der Waals surface area contributed by atoms with Gasteiger partial charge in [-0.2, -0.15) is 0 Å². The van der Waals surface area contributed by atoms with E-state index in [1.54, 1.807) is 7.11 Å². The van der Waals surface area contributed by atoms with E-state index in [1.165, 1.54) is 0 Å². The molecule has 0 radical (unpaired) electrons. The quantitative estimate of drug-likeness (QED) is 0.697. The lowest BCUT2D eigenvalue weighted by Crippen LogP contribution is -2.30. The van der Waals surface area contributed by atoms with Crippen LogP contribution in [0.2, 0.25) is 0 Å². The number of rotatable bonds is 3. The molecule has 0 spiro atoms. The van der Waals surface area contributed by atoms with Crippen molar-refractivity contribution in [2.75, 3.05) is 7.11 Å². The van der Waals surface area contributed by atoms with Crippen LogP contribution in [0, 0.1) is 5.41 Å². The summed E-state index contributed by atoms with van der Waals surface area (Å²) in [5, 5.41) is 0. The molecule has 94 valence electrons. The number of hydrogen-bond donors (Lipinski definition) is 0. The van der Waals surface area contributed by atoms with E-state index in [9.17, 15) is 4.79 Å². The molecular formula is C13H24O3. The van der Waals surface area contributed by atoms with Crippen LogP contribution in [0.25, 0.3) is 0 Å². The Labute approximate surface area is 98.5 Å². The molecule has 1 aliphatic carbocycles. The van der Waals surface area contributed by atoms with Gasteiger partial charge in [0.1, 0.15) is 6.10 Å². The number of esters is 1. The van der Waals surface area contributed by atoms with Crippen molar-refractivity contribution in [1.29, 1.82) is 0 Å². The highest BCUT2D eigenvalue weighted by Gasteiger charge is 2.26. The summed E-state index contributed by atoms with van der Waals surface area (Å²) in [7, 11) is 1.73. The third kappa shape index (κ3) is 4.97. The predicted molar refractivity (Wildman–Crippen MR) is 63.2 cm³/mol. The zero-order chi connectivity index (χ0) is 12.2. The van der Waals surface area contributed by atoms with Crippen LogP contribution < -0.4 is 0 Å². The molecule has 0 saturated heterocycles. The molecule has 3 nitrogen and oxygen atoms in total. The van der Waals surface area contributed by atoms with Gasteiger partial charge in [0.2, 0.25) is 0 Å². The molecule has 0 aromatic carbocycles. The summed E-state index contributed by atoms with van der Waals surface area (Å²) < 4.78 is 10.8. The maximum atomic E-state index is 11.7. The zero-order valence-corrected chi connectivity index (χ0v) is 10.9. The lowest BCUT2D eigenvalue weighted by molar-refractivity contribution is -0.154. The molecule has 0 amide bonds. The predicted octanol–water partition coefficient (Wildman–Crippen LogP) is 2.92. The van der Waals surface area contributed by atoms with Crippen LogP contribution >= 0.6 is 0 Å². The first-order chi connectivity index (χ1) is 7.40. The Balaban J connectivity index is 2.33. The molecule has 1 fully saturated rings. The highest BCUT2D eigenvalue weighted by atomic mass is 16.5. The van der Waals surface area contributed by atoms with Crippen LogP contribution in [-0.4, -0.2) is 25.3 Å². The van der Waals surface area contributed by atoms with Gasteiger partial charge in [0, 0.05) is 13.5 Å². The molecule has 2 atom stereocenters. The molecule has 16 heavy (non-hydrogen) atoms. The SMILES string of the molecule is CO[C@@H]1CCC[C@@H](OC(=O)CC(C)(C)C)C1. The summed E-state index contributed by atoms with van der Waals surface area (Å²) in [5.74, 6) is -0.0748. The first-order valence-corrected chi connectivity index (χ1v) is 6.13. The van der Waals surface area contributed by atoms with Gasteiger partial charge in [-0.05, 0) is 24.7 Å². The Bertz CT molecular complexity index is 230. The summed E-state index contributed by atoms with van der Waals surface area (Å²) in [6.07, 6.45) is 4.83. The second-order valence-corrected chi connectivity index (χ2v) is 5.87. The minimum absolute atomic E-state index is 0.00636. The number of carbonyl (C=O) groups excluding carboxylic acids is 1. The summed E-state index contributed by atoms with van der Waals surface area (Å²) in [5.41, 5.74) is 0.00636.